The van der Waals surface area contributed by atoms with Gasteiger partial charge in [0.15, 0.2) is 0 Å². The average molecular weight is 609 g/mol. The number of rotatable bonds is 12. The van der Waals surface area contributed by atoms with Gasteiger partial charge in [-0.2, -0.15) is 13.2 Å². The molecule has 1 unspecified atom stereocenters. The smallest absolute Gasteiger partial charge is 0.416 e. The summed E-state index contributed by atoms with van der Waals surface area (Å²) >= 11 is 0. The van der Waals surface area contributed by atoms with Crippen molar-refractivity contribution in [3.63, 3.8) is 0 Å². The number of carbonyl (C=O) groups excluding carboxylic acids is 2. The highest BCUT2D eigenvalue weighted by molar-refractivity contribution is 6.01. The van der Waals surface area contributed by atoms with Gasteiger partial charge in [-0.15, -0.1) is 0 Å². The summed E-state index contributed by atoms with van der Waals surface area (Å²) in [7, 11) is 1.81. The second kappa shape index (κ2) is 14.9. The molecule has 3 aromatic rings. The van der Waals surface area contributed by atoms with Gasteiger partial charge in [0.1, 0.15) is 0 Å². The van der Waals surface area contributed by atoms with Crippen LogP contribution in [0.15, 0.2) is 78.9 Å². The van der Waals surface area contributed by atoms with Crippen LogP contribution in [0.4, 0.5) is 13.2 Å². The van der Waals surface area contributed by atoms with E-state index in [4.69, 9.17) is 4.74 Å². The average Bonchev–Trinajstić information content (AvgIpc) is 3.03. The van der Waals surface area contributed by atoms with E-state index in [1.807, 2.05) is 32.2 Å². The molecule has 0 bridgehead atoms. The van der Waals surface area contributed by atoms with Crippen LogP contribution in [0.5, 0.6) is 0 Å². The zero-order valence-corrected chi connectivity index (χ0v) is 25.9. The predicted octanol–water partition coefficient (Wildman–Crippen LogP) is 7.99. The molecule has 8 heteroatoms. The minimum atomic E-state index is -4.41. The largest absolute Gasteiger partial charge is 0.466 e. The van der Waals surface area contributed by atoms with Gasteiger partial charge in [0, 0.05) is 37.2 Å². The zero-order valence-electron chi connectivity index (χ0n) is 25.9. The van der Waals surface area contributed by atoms with Crippen LogP contribution in [0.3, 0.4) is 0 Å². The highest BCUT2D eigenvalue weighted by atomic mass is 19.4. The highest BCUT2D eigenvalue weighted by Gasteiger charge is 2.32. The van der Waals surface area contributed by atoms with Crippen LogP contribution in [-0.4, -0.2) is 61.0 Å². The molecule has 5 nitrogen and oxygen atoms in total. The van der Waals surface area contributed by atoms with Crippen molar-refractivity contribution in [2.45, 2.75) is 70.0 Å². The summed E-state index contributed by atoms with van der Waals surface area (Å²) in [4.78, 5) is 30.4. The molecule has 1 saturated heterocycles. The third-order valence-electron chi connectivity index (χ3n) is 8.78. The monoisotopic (exact) mass is 608 g/mol. The summed E-state index contributed by atoms with van der Waals surface area (Å²) in [6, 6.07) is 22.3. The highest BCUT2D eigenvalue weighted by Crippen LogP contribution is 2.34. The van der Waals surface area contributed by atoms with Crippen LogP contribution >= 0.6 is 0 Å². The lowest BCUT2D eigenvalue weighted by Gasteiger charge is -2.37. The number of benzene rings is 3. The molecule has 0 radical (unpaired) electrons. The number of alkyl halides is 3. The maximum atomic E-state index is 13.6. The lowest BCUT2D eigenvalue weighted by Crippen LogP contribution is -2.46. The molecule has 0 aromatic heterocycles. The predicted molar refractivity (Wildman–Crippen MR) is 167 cm³/mol. The fraction of sp³-hybridized carbons (Fsp3) is 0.444. The van der Waals surface area contributed by atoms with Crippen LogP contribution in [0, 0.1) is 0 Å². The van der Waals surface area contributed by atoms with Crippen molar-refractivity contribution < 1.29 is 27.5 Å². The van der Waals surface area contributed by atoms with Crippen LogP contribution < -0.4 is 0 Å². The normalized spacial score (nSPS) is 15.9. The first-order valence-electron chi connectivity index (χ1n) is 15.5. The summed E-state index contributed by atoms with van der Waals surface area (Å²) < 4.78 is 44.6. The van der Waals surface area contributed by atoms with E-state index in [0.29, 0.717) is 29.7 Å². The summed E-state index contributed by atoms with van der Waals surface area (Å²) in [5, 5.41) is 0. The second-order valence-electron chi connectivity index (χ2n) is 12.0. The first kappa shape index (κ1) is 33.2. The minimum Gasteiger partial charge on any atom is -0.466 e. The molecular formula is C36H43F3N2O3. The molecular weight excluding hydrogens is 565 g/mol. The molecule has 1 aliphatic heterocycles. The van der Waals surface area contributed by atoms with Crippen LogP contribution in [0.25, 0.3) is 11.1 Å². The van der Waals surface area contributed by atoms with E-state index in [0.717, 1.165) is 69.4 Å². The summed E-state index contributed by atoms with van der Waals surface area (Å²) in [5.74, 6) is -0.292. The van der Waals surface area contributed by atoms with E-state index in [1.165, 1.54) is 12.1 Å². The van der Waals surface area contributed by atoms with Gasteiger partial charge in [0.05, 0.1) is 18.6 Å². The van der Waals surface area contributed by atoms with Crippen LogP contribution in [0.1, 0.15) is 73.9 Å². The van der Waals surface area contributed by atoms with Crippen molar-refractivity contribution >= 4 is 11.9 Å². The quantitative estimate of drug-likeness (QED) is 0.196. The Labute approximate surface area is 259 Å². The van der Waals surface area contributed by atoms with Gasteiger partial charge in [-0.3, -0.25) is 9.59 Å². The lowest BCUT2D eigenvalue weighted by molar-refractivity contribution is -0.145. The number of hydrogen-bond donors (Lipinski definition) is 0. The van der Waals surface area contributed by atoms with Crippen molar-refractivity contribution in [3.05, 3.63) is 95.6 Å². The van der Waals surface area contributed by atoms with E-state index >= 15 is 0 Å². The van der Waals surface area contributed by atoms with Crippen LogP contribution in [0.2, 0.25) is 0 Å². The minimum absolute atomic E-state index is 0.0716. The fourth-order valence-corrected chi connectivity index (χ4v) is 6.10. The number of esters is 1. The molecule has 44 heavy (non-hydrogen) atoms. The molecule has 0 saturated carbocycles. The maximum Gasteiger partial charge on any atom is 0.416 e. The molecule has 1 amide bonds. The topological polar surface area (TPSA) is 49.9 Å². The van der Waals surface area contributed by atoms with Gasteiger partial charge in [-0.05, 0) is 73.5 Å². The van der Waals surface area contributed by atoms with Gasteiger partial charge in [-0.1, -0.05) is 74.5 Å². The number of halogens is 3. The number of hydrogen-bond acceptors (Lipinski definition) is 4. The number of carbonyl (C=O) groups is 2. The Balaban J connectivity index is 1.33. The van der Waals surface area contributed by atoms with Crippen LogP contribution in [-0.2, 0) is 21.1 Å². The molecule has 1 heterocycles. The number of nitrogens with zero attached hydrogens (tertiary/aromatic N) is 2. The van der Waals surface area contributed by atoms with Gasteiger partial charge in [0.2, 0.25) is 0 Å². The number of ether oxygens (including phenoxy) is 1. The molecule has 0 aliphatic carbocycles. The van der Waals surface area contributed by atoms with E-state index in [1.54, 1.807) is 29.2 Å². The molecule has 0 spiro atoms. The summed E-state index contributed by atoms with van der Waals surface area (Å²) in [6.07, 6.45) is 0.209. The molecule has 1 atom stereocenters. The van der Waals surface area contributed by atoms with E-state index in [9.17, 15) is 22.8 Å². The third kappa shape index (κ3) is 8.50. The third-order valence-corrected chi connectivity index (χ3v) is 8.78. The van der Waals surface area contributed by atoms with Crippen molar-refractivity contribution in [2.24, 2.45) is 0 Å². The maximum absolute atomic E-state index is 13.6. The van der Waals surface area contributed by atoms with Crippen molar-refractivity contribution in [2.75, 3.05) is 33.3 Å². The van der Waals surface area contributed by atoms with Gasteiger partial charge < -0.3 is 14.5 Å². The van der Waals surface area contributed by atoms with Gasteiger partial charge in [0.25, 0.3) is 5.91 Å². The Morgan fingerprint density at radius 2 is 1.55 bits per heavy atom. The first-order chi connectivity index (χ1) is 21.0. The Morgan fingerprint density at radius 3 is 2.18 bits per heavy atom. The Hall–Kier alpha value is -3.65. The Bertz CT molecular complexity index is 1370. The standard InChI is InChI=1S/C36H43F3N2O3/c1-4-25-44-33(42)26-35(2,28-11-6-5-7-12-28)21-10-22-41-23-19-30(20-24-41)40(3)34(43)32-14-9-8-13-31(32)27-15-17-29(18-16-27)36(37,38)39/h5-9,11-18,30H,4,10,19-26H2,1-3H3. The number of likely N-dealkylation sites (tertiary alicyclic amines) is 1. The van der Waals surface area contributed by atoms with Crippen molar-refractivity contribution in [3.8, 4) is 11.1 Å². The van der Waals surface area contributed by atoms with Gasteiger partial charge in [-0.25, -0.2) is 0 Å². The second-order valence-corrected chi connectivity index (χ2v) is 12.0. The summed E-state index contributed by atoms with van der Waals surface area (Å²) in [6.45, 7) is 7.21. The zero-order chi connectivity index (χ0) is 31.7. The van der Waals surface area contributed by atoms with E-state index in [2.05, 4.69) is 24.0 Å². The fourth-order valence-electron chi connectivity index (χ4n) is 6.10. The molecule has 0 N–H and O–H groups in total. The Kier molecular flexibility index (Phi) is 11.2. The Morgan fingerprint density at radius 1 is 0.909 bits per heavy atom. The van der Waals surface area contributed by atoms with Crippen molar-refractivity contribution in [1.82, 2.24) is 9.80 Å². The molecule has 1 fully saturated rings. The summed E-state index contributed by atoms with van der Waals surface area (Å²) in [5.41, 5.74) is 1.80. The van der Waals surface area contributed by atoms with Crippen molar-refractivity contribution in [1.29, 1.82) is 0 Å². The molecule has 236 valence electrons. The molecule has 3 aromatic carbocycles. The molecule has 1 aliphatic rings. The lowest BCUT2D eigenvalue weighted by atomic mass is 9.76. The SMILES string of the molecule is CCCOC(=O)CC(C)(CCCN1CCC(N(C)C(=O)c2ccccc2-c2ccc(C(F)(F)F)cc2)CC1)c1ccccc1. The van der Waals surface area contributed by atoms with Gasteiger partial charge >= 0.3 is 12.1 Å². The molecule has 4 rings (SSSR count). The van der Waals surface area contributed by atoms with E-state index in [-0.39, 0.29) is 23.3 Å². The first-order valence-corrected chi connectivity index (χ1v) is 15.5. The number of amides is 1. The number of piperidine rings is 1. The van der Waals surface area contributed by atoms with E-state index < -0.39 is 11.7 Å².